The topological polar surface area (TPSA) is 47.2 Å². The molecule has 2 heterocycles. The van der Waals surface area contributed by atoms with E-state index < -0.39 is 17.8 Å². The summed E-state index contributed by atoms with van der Waals surface area (Å²) in [6.07, 6.45) is 0.191. The summed E-state index contributed by atoms with van der Waals surface area (Å²) in [5, 5.41) is 0. The lowest BCUT2D eigenvalue weighted by molar-refractivity contribution is -0.144. The SMILES string of the molecule is CC(C)c1s/c(=N\C(=O)c2cncc(Br)c2)n(CC2CC2)c1C(F)(F)F. The molecule has 1 aliphatic rings. The van der Waals surface area contributed by atoms with Gasteiger partial charge in [-0.25, -0.2) is 0 Å². The van der Waals surface area contributed by atoms with Gasteiger partial charge in [-0.15, -0.1) is 11.3 Å². The van der Waals surface area contributed by atoms with Crippen LogP contribution in [0, 0.1) is 5.92 Å². The van der Waals surface area contributed by atoms with Crippen molar-refractivity contribution in [2.45, 2.75) is 45.3 Å². The molecule has 0 radical (unpaired) electrons. The Kier molecular flexibility index (Phi) is 5.39. The molecule has 1 amide bonds. The summed E-state index contributed by atoms with van der Waals surface area (Å²) in [4.78, 5) is 20.7. The molecular formula is C17H17BrF3N3OS. The minimum absolute atomic E-state index is 0.0953. The van der Waals surface area contributed by atoms with Gasteiger partial charge >= 0.3 is 6.18 Å². The van der Waals surface area contributed by atoms with Crippen molar-refractivity contribution >= 4 is 33.2 Å². The molecule has 0 atom stereocenters. The molecule has 1 aliphatic carbocycles. The number of aromatic nitrogens is 2. The highest BCUT2D eigenvalue weighted by atomic mass is 79.9. The summed E-state index contributed by atoms with van der Waals surface area (Å²) < 4.78 is 42.9. The van der Waals surface area contributed by atoms with Crippen molar-refractivity contribution in [1.82, 2.24) is 9.55 Å². The molecule has 0 saturated heterocycles. The molecule has 4 nitrogen and oxygen atoms in total. The van der Waals surface area contributed by atoms with E-state index >= 15 is 0 Å². The van der Waals surface area contributed by atoms with Crippen LogP contribution in [-0.4, -0.2) is 15.5 Å². The number of hydrogen-bond donors (Lipinski definition) is 0. The van der Waals surface area contributed by atoms with E-state index in [0.29, 0.717) is 4.47 Å². The van der Waals surface area contributed by atoms with Crippen LogP contribution in [0.1, 0.15) is 53.5 Å². The van der Waals surface area contributed by atoms with Gasteiger partial charge in [-0.3, -0.25) is 9.78 Å². The third-order valence-electron chi connectivity index (χ3n) is 4.02. The van der Waals surface area contributed by atoms with Gasteiger partial charge in [0.05, 0.1) is 5.56 Å². The molecule has 3 rings (SSSR count). The molecule has 0 aromatic carbocycles. The van der Waals surface area contributed by atoms with Crippen LogP contribution in [0.4, 0.5) is 13.2 Å². The molecule has 0 aliphatic heterocycles. The number of alkyl halides is 3. The second-order valence-corrected chi connectivity index (χ2v) is 8.54. The Hall–Kier alpha value is -1.48. The first-order valence-corrected chi connectivity index (χ1v) is 9.78. The Morgan fingerprint density at radius 3 is 2.65 bits per heavy atom. The lowest BCUT2D eigenvalue weighted by Crippen LogP contribution is -2.25. The van der Waals surface area contributed by atoms with Crippen LogP contribution < -0.4 is 4.80 Å². The number of carbonyl (C=O) groups excluding carboxylic acids is 1. The first kappa shape index (κ1) is 19.3. The third kappa shape index (κ3) is 4.25. The van der Waals surface area contributed by atoms with E-state index in [-0.39, 0.29) is 33.6 Å². The Morgan fingerprint density at radius 2 is 2.12 bits per heavy atom. The fraction of sp³-hybridized carbons (Fsp3) is 0.471. The van der Waals surface area contributed by atoms with Crippen LogP contribution in [0.5, 0.6) is 0 Å². The van der Waals surface area contributed by atoms with E-state index in [0.717, 1.165) is 24.2 Å². The molecule has 1 saturated carbocycles. The lowest BCUT2D eigenvalue weighted by Gasteiger charge is -2.14. The van der Waals surface area contributed by atoms with E-state index in [4.69, 9.17) is 0 Å². The summed E-state index contributed by atoms with van der Waals surface area (Å²) in [6.45, 7) is 3.67. The number of pyridine rings is 1. The van der Waals surface area contributed by atoms with Gasteiger partial charge in [0.25, 0.3) is 5.91 Å². The van der Waals surface area contributed by atoms with Crippen LogP contribution in [0.2, 0.25) is 0 Å². The maximum absolute atomic E-state index is 13.7. The Morgan fingerprint density at radius 1 is 1.42 bits per heavy atom. The van der Waals surface area contributed by atoms with Gasteiger partial charge in [0.15, 0.2) is 4.80 Å². The van der Waals surface area contributed by atoms with Gasteiger partial charge in [0, 0.05) is 28.3 Å². The van der Waals surface area contributed by atoms with Crippen LogP contribution in [0.15, 0.2) is 27.9 Å². The number of hydrogen-bond acceptors (Lipinski definition) is 3. The molecule has 2 aromatic heterocycles. The van der Waals surface area contributed by atoms with Crippen LogP contribution in [0.25, 0.3) is 0 Å². The Balaban J connectivity index is 2.14. The summed E-state index contributed by atoms with van der Waals surface area (Å²) >= 11 is 4.17. The van der Waals surface area contributed by atoms with Crippen molar-refractivity contribution in [2.24, 2.45) is 10.9 Å². The second kappa shape index (κ2) is 7.26. The first-order valence-electron chi connectivity index (χ1n) is 8.17. The maximum atomic E-state index is 13.7. The van der Waals surface area contributed by atoms with Crippen LogP contribution in [-0.2, 0) is 12.7 Å². The molecule has 26 heavy (non-hydrogen) atoms. The standard InChI is InChI=1S/C17H17BrF3N3OS/c1-9(2)13-14(17(19,20)21)24(8-10-3-4-10)16(26-13)23-15(25)11-5-12(18)7-22-6-11/h5-7,9-10H,3-4,8H2,1-2H3/b23-16-. The summed E-state index contributed by atoms with van der Waals surface area (Å²) in [7, 11) is 0. The lowest BCUT2D eigenvalue weighted by atomic mass is 10.1. The molecular weight excluding hydrogens is 431 g/mol. The van der Waals surface area contributed by atoms with Gasteiger partial charge < -0.3 is 4.57 Å². The van der Waals surface area contributed by atoms with Crippen molar-refractivity contribution < 1.29 is 18.0 Å². The van der Waals surface area contributed by atoms with Crippen LogP contribution in [0.3, 0.4) is 0 Å². The van der Waals surface area contributed by atoms with Gasteiger partial charge in [0.1, 0.15) is 5.69 Å². The number of nitrogens with zero attached hydrogens (tertiary/aromatic N) is 3. The minimum atomic E-state index is -4.49. The van der Waals surface area contributed by atoms with Crippen molar-refractivity contribution in [2.75, 3.05) is 0 Å². The summed E-state index contributed by atoms with van der Waals surface area (Å²) in [6, 6.07) is 1.55. The van der Waals surface area contributed by atoms with Gasteiger partial charge in [-0.2, -0.15) is 18.2 Å². The average molecular weight is 448 g/mol. The largest absolute Gasteiger partial charge is 0.432 e. The second-order valence-electron chi connectivity index (χ2n) is 6.61. The fourth-order valence-corrected chi connectivity index (χ4v) is 4.13. The number of halogens is 4. The molecule has 0 spiro atoms. The molecule has 0 unspecified atom stereocenters. The number of carbonyl (C=O) groups is 1. The quantitative estimate of drug-likeness (QED) is 0.661. The van der Waals surface area contributed by atoms with Gasteiger partial charge in [-0.1, -0.05) is 13.8 Å². The van der Waals surface area contributed by atoms with Crippen LogP contribution >= 0.6 is 27.3 Å². The molecule has 0 bridgehead atoms. The zero-order valence-electron chi connectivity index (χ0n) is 14.2. The first-order chi connectivity index (χ1) is 12.2. The maximum Gasteiger partial charge on any atom is 0.432 e. The predicted molar refractivity (Wildman–Crippen MR) is 96.0 cm³/mol. The molecule has 2 aromatic rings. The van der Waals surface area contributed by atoms with E-state index in [1.807, 2.05) is 0 Å². The van der Waals surface area contributed by atoms with Crippen molar-refractivity contribution in [1.29, 1.82) is 0 Å². The Bertz CT molecular complexity index is 897. The van der Waals surface area contributed by atoms with E-state index in [1.165, 1.54) is 17.0 Å². The zero-order chi connectivity index (χ0) is 19.1. The van der Waals surface area contributed by atoms with E-state index in [9.17, 15) is 18.0 Å². The monoisotopic (exact) mass is 447 g/mol. The predicted octanol–water partition coefficient (Wildman–Crippen LogP) is 5.00. The highest BCUT2D eigenvalue weighted by Crippen LogP contribution is 2.39. The van der Waals surface area contributed by atoms with E-state index in [1.54, 1.807) is 19.9 Å². The highest BCUT2D eigenvalue weighted by molar-refractivity contribution is 9.10. The third-order valence-corrected chi connectivity index (χ3v) is 5.83. The fourth-order valence-electron chi connectivity index (χ4n) is 2.61. The summed E-state index contributed by atoms with van der Waals surface area (Å²) in [5.41, 5.74) is -0.450. The normalized spacial score (nSPS) is 15.7. The average Bonchev–Trinajstić information content (AvgIpc) is 3.27. The smallest absolute Gasteiger partial charge is 0.312 e. The summed E-state index contributed by atoms with van der Waals surface area (Å²) in [5.74, 6) is -0.699. The zero-order valence-corrected chi connectivity index (χ0v) is 16.6. The number of rotatable bonds is 4. The number of thiazole rings is 1. The van der Waals surface area contributed by atoms with Crippen molar-refractivity contribution in [3.63, 3.8) is 0 Å². The molecule has 9 heteroatoms. The van der Waals surface area contributed by atoms with Gasteiger partial charge in [0.2, 0.25) is 0 Å². The highest BCUT2D eigenvalue weighted by Gasteiger charge is 2.40. The number of amides is 1. The molecule has 140 valence electrons. The molecule has 0 N–H and O–H groups in total. The van der Waals surface area contributed by atoms with Crippen molar-refractivity contribution in [3.05, 3.63) is 43.9 Å². The van der Waals surface area contributed by atoms with Gasteiger partial charge in [-0.05, 0) is 46.7 Å². The minimum Gasteiger partial charge on any atom is -0.312 e. The van der Waals surface area contributed by atoms with E-state index in [2.05, 4.69) is 25.9 Å². The van der Waals surface area contributed by atoms with Crippen molar-refractivity contribution in [3.8, 4) is 0 Å². The molecule has 1 fully saturated rings. The Labute approximate surface area is 160 Å².